The standard InChI is InChI=1S/C13H16N2O3/c14-12(16)11-3-1-2-8-15(11)10-6-4-9(5-7-10)13(17)18/h4-7,11H,1-3,8H2,(H2,14,16)(H,17,18). The molecule has 1 amide bonds. The van der Waals surface area contributed by atoms with Crippen LogP contribution in [0.2, 0.25) is 0 Å². The molecule has 0 saturated carbocycles. The first-order valence-corrected chi connectivity index (χ1v) is 5.99. The molecule has 5 nitrogen and oxygen atoms in total. The summed E-state index contributed by atoms with van der Waals surface area (Å²) in [4.78, 5) is 24.1. The highest BCUT2D eigenvalue weighted by Gasteiger charge is 2.26. The molecule has 1 fully saturated rings. The fourth-order valence-corrected chi connectivity index (χ4v) is 2.33. The van der Waals surface area contributed by atoms with Gasteiger partial charge in [-0.05, 0) is 43.5 Å². The molecule has 1 aliphatic rings. The molecule has 1 heterocycles. The molecule has 3 N–H and O–H groups in total. The summed E-state index contributed by atoms with van der Waals surface area (Å²) in [5.41, 5.74) is 6.49. The molecule has 2 rings (SSSR count). The molecule has 18 heavy (non-hydrogen) atoms. The predicted molar refractivity (Wildman–Crippen MR) is 67.6 cm³/mol. The van der Waals surface area contributed by atoms with Crippen molar-refractivity contribution in [3.05, 3.63) is 29.8 Å². The summed E-state index contributed by atoms with van der Waals surface area (Å²) < 4.78 is 0. The molecule has 1 saturated heterocycles. The van der Waals surface area contributed by atoms with Gasteiger partial charge in [0.15, 0.2) is 0 Å². The zero-order valence-electron chi connectivity index (χ0n) is 10.0. The van der Waals surface area contributed by atoms with Crippen molar-refractivity contribution in [2.45, 2.75) is 25.3 Å². The van der Waals surface area contributed by atoms with Gasteiger partial charge in [0.1, 0.15) is 6.04 Å². The third-order valence-electron chi connectivity index (χ3n) is 3.28. The molecule has 1 unspecified atom stereocenters. The number of carbonyl (C=O) groups is 2. The van der Waals surface area contributed by atoms with E-state index in [1.165, 1.54) is 0 Å². The third kappa shape index (κ3) is 2.45. The van der Waals surface area contributed by atoms with Crippen molar-refractivity contribution in [1.29, 1.82) is 0 Å². The molecule has 0 aromatic heterocycles. The molecule has 5 heteroatoms. The number of hydrogen-bond acceptors (Lipinski definition) is 3. The maximum Gasteiger partial charge on any atom is 0.335 e. The monoisotopic (exact) mass is 248 g/mol. The van der Waals surface area contributed by atoms with Crippen LogP contribution in [0.4, 0.5) is 5.69 Å². The molecule has 0 bridgehead atoms. The van der Waals surface area contributed by atoms with E-state index >= 15 is 0 Å². The van der Waals surface area contributed by atoms with Crippen LogP contribution in [0.5, 0.6) is 0 Å². The van der Waals surface area contributed by atoms with Crippen LogP contribution in [0.25, 0.3) is 0 Å². The second-order valence-electron chi connectivity index (χ2n) is 4.46. The van der Waals surface area contributed by atoms with Crippen LogP contribution in [0.1, 0.15) is 29.6 Å². The molecule has 0 aliphatic carbocycles. The number of hydrogen-bond donors (Lipinski definition) is 2. The maximum atomic E-state index is 11.4. The lowest BCUT2D eigenvalue weighted by Gasteiger charge is -2.35. The van der Waals surface area contributed by atoms with E-state index in [2.05, 4.69) is 0 Å². The van der Waals surface area contributed by atoms with Gasteiger partial charge in [-0.2, -0.15) is 0 Å². The van der Waals surface area contributed by atoms with Gasteiger partial charge in [0, 0.05) is 12.2 Å². The number of nitrogens with two attached hydrogens (primary N) is 1. The van der Waals surface area contributed by atoms with Gasteiger partial charge in [-0.3, -0.25) is 4.79 Å². The zero-order chi connectivity index (χ0) is 13.1. The van der Waals surface area contributed by atoms with E-state index in [0.29, 0.717) is 0 Å². The summed E-state index contributed by atoms with van der Waals surface area (Å²) in [5, 5.41) is 8.84. The first-order chi connectivity index (χ1) is 8.59. The van der Waals surface area contributed by atoms with E-state index in [1.54, 1.807) is 24.3 Å². The lowest BCUT2D eigenvalue weighted by atomic mass is 10.0. The SMILES string of the molecule is NC(=O)C1CCCCN1c1ccc(C(=O)O)cc1. The van der Waals surface area contributed by atoms with Gasteiger partial charge in [-0.1, -0.05) is 0 Å². The number of primary amides is 1. The van der Waals surface area contributed by atoms with Crippen LogP contribution in [0.3, 0.4) is 0 Å². The van der Waals surface area contributed by atoms with E-state index in [9.17, 15) is 9.59 Å². The van der Waals surface area contributed by atoms with Crippen molar-refractivity contribution in [1.82, 2.24) is 0 Å². The summed E-state index contributed by atoms with van der Waals surface area (Å²) in [6, 6.07) is 6.26. The highest BCUT2D eigenvalue weighted by Crippen LogP contribution is 2.24. The number of amides is 1. The Balaban J connectivity index is 2.23. The van der Waals surface area contributed by atoms with Crippen molar-refractivity contribution in [2.75, 3.05) is 11.4 Å². The largest absolute Gasteiger partial charge is 0.478 e. The van der Waals surface area contributed by atoms with Gasteiger partial charge in [-0.15, -0.1) is 0 Å². The second-order valence-corrected chi connectivity index (χ2v) is 4.46. The van der Waals surface area contributed by atoms with E-state index in [4.69, 9.17) is 10.8 Å². The van der Waals surface area contributed by atoms with Gasteiger partial charge >= 0.3 is 5.97 Å². The van der Waals surface area contributed by atoms with Gasteiger partial charge in [0.05, 0.1) is 5.56 Å². The van der Waals surface area contributed by atoms with Crippen LogP contribution in [-0.4, -0.2) is 29.6 Å². The van der Waals surface area contributed by atoms with Gasteiger partial charge in [0.25, 0.3) is 0 Å². The molecule has 0 radical (unpaired) electrons. The first-order valence-electron chi connectivity index (χ1n) is 5.99. The van der Waals surface area contributed by atoms with Gasteiger partial charge in [0.2, 0.25) is 5.91 Å². The molecular formula is C13H16N2O3. The molecule has 96 valence electrons. The zero-order valence-corrected chi connectivity index (χ0v) is 10.0. The minimum Gasteiger partial charge on any atom is -0.478 e. The maximum absolute atomic E-state index is 11.4. The van der Waals surface area contributed by atoms with Gasteiger partial charge < -0.3 is 15.7 Å². The average molecular weight is 248 g/mol. The van der Waals surface area contributed by atoms with Crippen molar-refractivity contribution in [3.8, 4) is 0 Å². The fourth-order valence-electron chi connectivity index (χ4n) is 2.33. The Morgan fingerprint density at radius 3 is 2.44 bits per heavy atom. The summed E-state index contributed by atoms with van der Waals surface area (Å²) in [5.74, 6) is -1.27. The molecular weight excluding hydrogens is 232 g/mol. The van der Waals surface area contributed by atoms with Crippen LogP contribution in [-0.2, 0) is 4.79 Å². The summed E-state index contributed by atoms with van der Waals surface area (Å²) in [6.07, 6.45) is 2.78. The normalized spacial score (nSPS) is 19.6. The minimum absolute atomic E-state index is 0.242. The number of piperidine rings is 1. The Hall–Kier alpha value is -2.04. The fraction of sp³-hybridized carbons (Fsp3) is 0.385. The summed E-state index contributed by atoms with van der Waals surface area (Å²) in [6.45, 7) is 0.778. The van der Waals surface area contributed by atoms with E-state index in [-0.39, 0.29) is 17.5 Å². The molecule has 1 aliphatic heterocycles. The molecule has 1 aromatic carbocycles. The Labute approximate surface area is 105 Å². The van der Waals surface area contributed by atoms with Gasteiger partial charge in [-0.25, -0.2) is 4.79 Å². The minimum atomic E-state index is -0.952. The van der Waals surface area contributed by atoms with E-state index < -0.39 is 5.97 Å². The summed E-state index contributed by atoms with van der Waals surface area (Å²) >= 11 is 0. The number of nitrogens with zero attached hydrogens (tertiary/aromatic N) is 1. The van der Waals surface area contributed by atoms with E-state index in [0.717, 1.165) is 31.5 Å². The van der Waals surface area contributed by atoms with Crippen molar-refractivity contribution in [3.63, 3.8) is 0 Å². The number of carboxylic acid groups (broad SMARTS) is 1. The number of aromatic carboxylic acids is 1. The average Bonchev–Trinajstić information content (AvgIpc) is 2.39. The van der Waals surface area contributed by atoms with Crippen molar-refractivity contribution in [2.24, 2.45) is 5.73 Å². The number of rotatable bonds is 3. The number of anilines is 1. The highest BCUT2D eigenvalue weighted by molar-refractivity contribution is 5.88. The van der Waals surface area contributed by atoms with Crippen LogP contribution < -0.4 is 10.6 Å². The lowest BCUT2D eigenvalue weighted by Crippen LogP contribution is -2.47. The third-order valence-corrected chi connectivity index (χ3v) is 3.28. The number of benzene rings is 1. The predicted octanol–water partition coefficient (Wildman–Crippen LogP) is 1.23. The van der Waals surface area contributed by atoms with Crippen LogP contribution >= 0.6 is 0 Å². The second kappa shape index (κ2) is 5.08. The van der Waals surface area contributed by atoms with E-state index in [1.807, 2.05) is 4.90 Å². The van der Waals surface area contributed by atoms with Crippen molar-refractivity contribution < 1.29 is 14.7 Å². The molecule has 1 aromatic rings. The Morgan fingerprint density at radius 1 is 1.22 bits per heavy atom. The topological polar surface area (TPSA) is 83.6 Å². The lowest BCUT2D eigenvalue weighted by molar-refractivity contribution is -0.119. The Kier molecular flexibility index (Phi) is 3.50. The quantitative estimate of drug-likeness (QED) is 0.842. The Morgan fingerprint density at radius 2 is 1.89 bits per heavy atom. The van der Waals surface area contributed by atoms with Crippen molar-refractivity contribution >= 4 is 17.6 Å². The molecule has 1 atom stereocenters. The molecule has 0 spiro atoms. The number of carbonyl (C=O) groups excluding carboxylic acids is 1. The van der Waals surface area contributed by atoms with Crippen LogP contribution in [0, 0.1) is 0 Å². The smallest absolute Gasteiger partial charge is 0.335 e. The first kappa shape index (κ1) is 12.4. The highest BCUT2D eigenvalue weighted by atomic mass is 16.4. The summed E-state index contributed by atoms with van der Waals surface area (Å²) in [7, 11) is 0. The Bertz CT molecular complexity index is 456. The van der Waals surface area contributed by atoms with Crippen LogP contribution in [0.15, 0.2) is 24.3 Å². The number of carboxylic acids is 1.